The van der Waals surface area contributed by atoms with Crippen molar-refractivity contribution in [2.45, 2.75) is 61.7 Å². The molecule has 3 unspecified atom stereocenters. The molecule has 2 aromatic rings. The first-order valence-corrected chi connectivity index (χ1v) is 15.7. The fraction of sp³-hybridized carbons (Fsp3) is 0.441. The summed E-state index contributed by atoms with van der Waals surface area (Å²) in [5, 5.41) is 10.7. The Balaban J connectivity index is 1.63. The van der Waals surface area contributed by atoms with Gasteiger partial charge in [0.15, 0.2) is 0 Å². The zero-order valence-electron chi connectivity index (χ0n) is 24.7. The smallest absolute Gasteiger partial charge is 0.312 e. The number of benzene rings is 2. The van der Waals surface area contributed by atoms with Gasteiger partial charge in [-0.25, -0.2) is 0 Å². The summed E-state index contributed by atoms with van der Waals surface area (Å²) in [5.41, 5.74) is 1.97. The van der Waals surface area contributed by atoms with Crippen LogP contribution in [0.1, 0.15) is 42.0 Å². The number of unbranched alkanes of at least 4 members (excludes halogenated alkanes) is 1. The van der Waals surface area contributed by atoms with Crippen LogP contribution in [0, 0.1) is 25.7 Å². The first-order valence-electron chi connectivity index (χ1n) is 14.8. The minimum atomic E-state index is -1.29. The fourth-order valence-corrected chi connectivity index (χ4v) is 8.01. The molecule has 5 rings (SSSR count). The number of hydrogen-bond donors (Lipinski definition) is 1. The zero-order chi connectivity index (χ0) is 30.9. The number of rotatable bonds is 12. The summed E-state index contributed by atoms with van der Waals surface area (Å²) in [6.45, 7) is 11.5. The third-order valence-electron chi connectivity index (χ3n) is 8.96. The molecule has 3 aliphatic heterocycles. The largest absolute Gasteiger partial charge is 0.465 e. The molecule has 0 aliphatic carbocycles. The Labute approximate surface area is 261 Å². The van der Waals surface area contributed by atoms with Crippen LogP contribution in [0.25, 0.3) is 0 Å². The number of carbonyl (C=O) groups excluding carboxylic acids is 3. The normalized spacial score (nSPS) is 28.0. The molecule has 3 heterocycles. The Bertz CT molecular complexity index is 1400. The molecule has 3 saturated heterocycles. The monoisotopic (exact) mass is 650 g/mol. The van der Waals surface area contributed by atoms with Crippen molar-refractivity contribution in [2.75, 3.05) is 24.7 Å². The zero-order valence-corrected chi connectivity index (χ0v) is 26.2. The van der Waals surface area contributed by atoms with Crippen LogP contribution in [0.2, 0.25) is 0 Å². The van der Waals surface area contributed by atoms with Crippen LogP contribution in [-0.4, -0.2) is 70.1 Å². The lowest BCUT2D eigenvalue weighted by Crippen LogP contribution is -2.57. The highest BCUT2D eigenvalue weighted by Gasteiger charge is 2.77. The van der Waals surface area contributed by atoms with Gasteiger partial charge in [0.2, 0.25) is 5.91 Å². The third-order valence-corrected chi connectivity index (χ3v) is 9.80. The average Bonchev–Trinajstić information content (AvgIpc) is 3.59. The lowest BCUT2D eigenvalue weighted by Gasteiger charge is -2.39. The molecule has 2 amide bonds. The maximum absolute atomic E-state index is 14.9. The number of alkyl halides is 1. The summed E-state index contributed by atoms with van der Waals surface area (Å²) in [6, 6.07) is 13.1. The number of amides is 2. The predicted molar refractivity (Wildman–Crippen MR) is 168 cm³/mol. The Hall–Kier alpha value is -3.27. The highest BCUT2D eigenvalue weighted by molar-refractivity contribution is 9.09. The van der Waals surface area contributed by atoms with Gasteiger partial charge in [-0.2, -0.15) is 0 Å². The lowest BCUT2D eigenvalue weighted by atomic mass is 9.70. The van der Waals surface area contributed by atoms with Crippen molar-refractivity contribution in [3.8, 4) is 0 Å². The molecule has 0 aromatic heterocycles. The van der Waals surface area contributed by atoms with E-state index >= 15 is 0 Å². The van der Waals surface area contributed by atoms with Crippen LogP contribution < -0.4 is 4.90 Å². The molecule has 228 valence electrons. The van der Waals surface area contributed by atoms with Crippen molar-refractivity contribution < 1.29 is 29.0 Å². The number of aliphatic hydroxyl groups excluding tert-OH is 1. The minimum absolute atomic E-state index is 0.198. The van der Waals surface area contributed by atoms with E-state index in [9.17, 15) is 19.5 Å². The van der Waals surface area contributed by atoms with E-state index in [2.05, 4.69) is 29.1 Å². The van der Waals surface area contributed by atoms with Gasteiger partial charge < -0.3 is 24.4 Å². The van der Waals surface area contributed by atoms with Gasteiger partial charge in [0, 0.05) is 17.1 Å². The van der Waals surface area contributed by atoms with Crippen LogP contribution >= 0.6 is 15.9 Å². The molecule has 2 bridgehead atoms. The molecule has 2 aromatic carbocycles. The number of esters is 1. The standard InChI is InChI=1S/C34H39BrN2O6/c1-5-7-11-17-42-33(41)27-28-31(39)37(26(20-38)23-12-9-8-10-13-23)30(34(28)19-24(35)29(27)43-34)32(40)36(16-6-2)25-18-21(3)14-15-22(25)4/h5-6,8-10,12-15,18,24,26-30,38H,1-2,7,11,16-17,19-20H2,3-4H3/t24?,26-,27+,28+,29+,30?,34?/m1/s1. The van der Waals surface area contributed by atoms with Crippen LogP contribution in [0.15, 0.2) is 73.8 Å². The van der Waals surface area contributed by atoms with Crippen molar-refractivity contribution in [3.63, 3.8) is 0 Å². The van der Waals surface area contributed by atoms with E-state index in [1.54, 1.807) is 17.1 Å². The van der Waals surface area contributed by atoms with Gasteiger partial charge >= 0.3 is 5.97 Å². The Kier molecular flexibility index (Phi) is 9.25. The van der Waals surface area contributed by atoms with Gasteiger partial charge in [-0.3, -0.25) is 14.4 Å². The summed E-state index contributed by atoms with van der Waals surface area (Å²) in [4.78, 5) is 46.0. The molecule has 7 atom stereocenters. The minimum Gasteiger partial charge on any atom is -0.465 e. The van der Waals surface area contributed by atoms with Crippen molar-refractivity contribution in [1.82, 2.24) is 4.90 Å². The van der Waals surface area contributed by atoms with Crippen molar-refractivity contribution in [1.29, 1.82) is 0 Å². The highest BCUT2D eigenvalue weighted by atomic mass is 79.9. The third kappa shape index (κ3) is 5.36. The second-order valence-electron chi connectivity index (χ2n) is 11.6. The number of ether oxygens (including phenoxy) is 2. The Morgan fingerprint density at radius 3 is 2.63 bits per heavy atom. The number of aliphatic hydroxyl groups is 1. The molecule has 0 saturated carbocycles. The predicted octanol–water partition coefficient (Wildman–Crippen LogP) is 4.81. The number of halogens is 1. The molecule has 0 radical (unpaired) electrons. The first-order chi connectivity index (χ1) is 20.7. The number of fused-ring (bicyclic) bond motifs is 1. The summed E-state index contributed by atoms with van der Waals surface area (Å²) in [5.74, 6) is -3.08. The number of anilines is 1. The number of hydrogen-bond acceptors (Lipinski definition) is 6. The van der Waals surface area contributed by atoms with Crippen molar-refractivity contribution in [3.05, 3.63) is 90.5 Å². The van der Waals surface area contributed by atoms with Gasteiger partial charge in [-0.1, -0.05) is 70.5 Å². The topological polar surface area (TPSA) is 96.4 Å². The summed E-state index contributed by atoms with van der Waals surface area (Å²) in [6.07, 6.45) is 4.45. The van der Waals surface area contributed by atoms with E-state index in [-0.39, 0.29) is 23.9 Å². The van der Waals surface area contributed by atoms with Crippen LogP contribution in [0.5, 0.6) is 0 Å². The van der Waals surface area contributed by atoms with Crippen LogP contribution in [-0.2, 0) is 23.9 Å². The van der Waals surface area contributed by atoms with E-state index in [1.807, 2.05) is 62.4 Å². The number of carbonyl (C=O) groups is 3. The number of likely N-dealkylation sites (tertiary alicyclic amines) is 1. The molecule has 3 aliphatic rings. The molecule has 3 fully saturated rings. The molecule has 1 N–H and O–H groups in total. The van der Waals surface area contributed by atoms with Gasteiger partial charge in [-0.05, 0) is 55.9 Å². The van der Waals surface area contributed by atoms with Crippen LogP contribution in [0.4, 0.5) is 5.69 Å². The van der Waals surface area contributed by atoms with E-state index in [4.69, 9.17) is 9.47 Å². The first kappa shape index (κ1) is 31.2. The van der Waals surface area contributed by atoms with Crippen LogP contribution in [0.3, 0.4) is 0 Å². The summed E-state index contributed by atoms with van der Waals surface area (Å²) >= 11 is 3.71. The van der Waals surface area contributed by atoms with Gasteiger partial charge in [-0.15, -0.1) is 13.2 Å². The summed E-state index contributed by atoms with van der Waals surface area (Å²) < 4.78 is 12.3. The fourth-order valence-electron chi connectivity index (χ4n) is 7.07. The highest BCUT2D eigenvalue weighted by Crippen LogP contribution is 2.61. The molecule has 9 heteroatoms. The summed E-state index contributed by atoms with van der Waals surface area (Å²) in [7, 11) is 0. The number of nitrogens with zero attached hydrogens (tertiary/aromatic N) is 2. The van der Waals surface area contributed by atoms with Crippen molar-refractivity contribution in [2.24, 2.45) is 11.8 Å². The maximum atomic E-state index is 14.9. The molecular formula is C34H39BrN2O6. The number of aryl methyl sites for hydroxylation is 2. The molecule has 8 nitrogen and oxygen atoms in total. The molecule has 1 spiro atoms. The lowest BCUT2D eigenvalue weighted by molar-refractivity contribution is -0.155. The maximum Gasteiger partial charge on any atom is 0.312 e. The molecule has 43 heavy (non-hydrogen) atoms. The Morgan fingerprint density at radius 1 is 1.21 bits per heavy atom. The van der Waals surface area contributed by atoms with Gasteiger partial charge in [0.1, 0.15) is 11.6 Å². The van der Waals surface area contributed by atoms with E-state index in [0.717, 1.165) is 11.1 Å². The van der Waals surface area contributed by atoms with Crippen molar-refractivity contribution >= 4 is 39.4 Å². The van der Waals surface area contributed by atoms with Gasteiger partial charge in [0.25, 0.3) is 5.91 Å². The van der Waals surface area contributed by atoms with E-state index < -0.39 is 54.1 Å². The SMILES string of the molecule is C=CCCCOC(=O)[C@H]1[C@H]2C(=O)N([C@H](CO)c3ccccc3)C(C(=O)N(CC=C)c3cc(C)ccc3C)C23CC(Br)[C@@H]1O3. The van der Waals surface area contributed by atoms with E-state index in [1.165, 1.54) is 4.90 Å². The Morgan fingerprint density at radius 2 is 1.95 bits per heavy atom. The second-order valence-corrected chi connectivity index (χ2v) is 12.8. The quantitative estimate of drug-likeness (QED) is 0.153. The van der Waals surface area contributed by atoms with E-state index in [0.29, 0.717) is 30.5 Å². The molecular weight excluding hydrogens is 612 g/mol. The van der Waals surface area contributed by atoms with Gasteiger partial charge in [0.05, 0.1) is 37.2 Å². The average molecular weight is 652 g/mol. The second kappa shape index (κ2) is 12.8. The number of allylic oxidation sites excluding steroid dienone is 1.